The highest BCUT2D eigenvalue weighted by Gasteiger charge is 2.12. The predicted octanol–water partition coefficient (Wildman–Crippen LogP) is 2.69. The first-order valence-corrected chi connectivity index (χ1v) is 7.69. The lowest BCUT2D eigenvalue weighted by Gasteiger charge is -2.03. The molecule has 2 N–H and O–H groups in total. The fourth-order valence-electron chi connectivity index (χ4n) is 2.60. The molecule has 1 aromatic carbocycles. The molecular weight excluding hydrogens is 321 g/mol. The number of benzene rings is 1. The fraction of sp³-hybridized carbons (Fsp3) is 0.118. The van der Waals surface area contributed by atoms with Gasteiger partial charge in [-0.1, -0.05) is 12.1 Å². The Labute approximate surface area is 142 Å². The third kappa shape index (κ3) is 3.14. The molecule has 0 radical (unpaired) electrons. The van der Waals surface area contributed by atoms with Crippen LogP contribution in [0.2, 0.25) is 0 Å². The number of nitrogens with one attached hydrogen (secondary N) is 2. The molecule has 0 atom stereocenters. The van der Waals surface area contributed by atoms with Crippen molar-refractivity contribution >= 4 is 0 Å². The van der Waals surface area contributed by atoms with Crippen molar-refractivity contribution in [2.45, 2.75) is 13.3 Å². The molecule has 3 aromatic heterocycles. The maximum Gasteiger partial charge on any atom is 0.207 e. The monoisotopic (exact) mass is 335 g/mol. The molecule has 0 saturated heterocycles. The molecule has 3 heterocycles. The van der Waals surface area contributed by atoms with Gasteiger partial charge < -0.3 is 4.98 Å². The highest BCUT2D eigenvalue weighted by molar-refractivity contribution is 5.57. The van der Waals surface area contributed by atoms with Crippen molar-refractivity contribution in [2.75, 3.05) is 0 Å². The zero-order chi connectivity index (χ0) is 17.2. The van der Waals surface area contributed by atoms with Gasteiger partial charge in [0.1, 0.15) is 11.6 Å². The van der Waals surface area contributed by atoms with Crippen molar-refractivity contribution in [2.24, 2.45) is 0 Å². The molecule has 0 unspecified atom stereocenters. The molecule has 0 aliphatic carbocycles. The van der Waals surface area contributed by atoms with Crippen molar-refractivity contribution in [3.8, 4) is 22.8 Å². The van der Waals surface area contributed by atoms with Crippen LogP contribution in [0.4, 0.5) is 4.39 Å². The number of tetrazole rings is 1. The van der Waals surface area contributed by atoms with Crippen molar-refractivity contribution < 1.29 is 4.39 Å². The number of aromatic nitrogens is 7. The highest BCUT2D eigenvalue weighted by atomic mass is 19.1. The van der Waals surface area contributed by atoms with Crippen LogP contribution in [0, 0.1) is 12.7 Å². The Kier molecular flexibility index (Phi) is 3.77. The van der Waals surface area contributed by atoms with Gasteiger partial charge in [-0.3, -0.25) is 4.98 Å². The van der Waals surface area contributed by atoms with Crippen LogP contribution in [-0.4, -0.2) is 35.6 Å². The number of nitrogens with zero attached hydrogens (tertiary/aromatic N) is 5. The van der Waals surface area contributed by atoms with Gasteiger partial charge in [0, 0.05) is 12.1 Å². The third-order valence-electron chi connectivity index (χ3n) is 3.78. The Morgan fingerprint density at radius 2 is 2.08 bits per heavy atom. The van der Waals surface area contributed by atoms with Gasteiger partial charge in [-0.2, -0.15) is 5.21 Å². The number of pyridine rings is 1. The Hall–Kier alpha value is -3.42. The van der Waals surface area contributed by atoms with Crippen LogP contribution in [0.5, 0.6) is 0 Å². The molecule has 0 aliphatic rings. The summed E-state index contributed by atoms with van der Waals surface area (Å²) in [6.45, 7) is 1.94. The highest BCUT2D eigenvalue weighted by Crippen LogP contribution is 2.22. The lowest BCUT2D eigenvalue weighted by atomic mass is 10.1. The summed E-state index contributed by atoms with van der Waals surface area (Å²) in [4.78, 5) is 12.1. The molecule has 7 nitrogen and oxygen atoms in total. The number of H-pyrrole nitrogens is 2. The minimum absolute atomic E-state index is 0.225. The number of aromatic amines is 2. The molecule has 0 fully saturated rings. The number of hydrogen-bond acceptors (Lipinski definition) is 5. The van der Waals surface area contributed by atoms with E-state index in [1.807, 2.05) is 25.1 Å². The van der Waals surface area contributed by atoms with Gasteiger partial charge >= 0.3 is 0 Å². The standard InChI is InChI=1S/C17H14FN7/c1-10-3-2-4-14(20-10)15-9-19-16(21-15)8-11-5-6-13(18)12(7-11)17-22-24-25-23-17/h2-7,9H,8H2,1H3,(H,19,21)(H,22,23,24,25). The van der Waals surface area contributed by atoms with E-state index in [4.69, 9.17) is 0 Å². The van der Waals surface area contributed by atoms with Crippen LogP contribution in [0.1, 0.15) is 17.1 Å². The smallest absolute Gasteiger partial charge is 0.207 e. The first-order chi connectivity index (χ1) is 12.2. The van der Waals surface area contributed by atoms with E-state index in [0.717, 1.165) is 28.5 Å². The first kappa shape index (κ1) is 15.1. The average molecular weight is 335 g/mol. The summed E-state index contributed by atoms with van der Waals surface area (Å²) in [7, 11) is 0. The van der Waals surface area contributed by atoms with E-state index in [9.17, 15) is 4.39 Å². The number of imidazole rings is 1. The summed E-state index contributed by atoms with van der Waals surface area (Å²) in [6.07, 6.45) is 2.28. The SMILES string of the molecule is Cc1cccc(-c2cnc(Cc3ccc(F)c(-c4nn[nH]n4)c3)[nH]2)n1. The van der Waals surface area contributed by atoms with E-state index in [2.05, 4.69) is 35.6 Å². The lowest BCUT2D eigenvalue weighted by Crippen LogP contribution is -1.95. The maximum absolute atomic E-state index is 14.0. The normalized spacial score (nSPS) is 11.0. The fourth-order valence-corrected chi connectivity index (χ4v) is 2.60. The predicted molar refractivity (Wildman–Crippen MR) is 88.9 cm³/mol. The van der Waals surface area contributed by atoms with E-state index in [0.29, 0.717) is 12.0 Å². The second kappa shape index (κ2) is 6.23. The van der Waals surface area contributed by atoms with Crippen LogP contribution in [0.15, 0.2) is 42.6 Å². The zero-order valence-corrected chi connectivity index (χ0v) is 13.4. The van der Waals surface area contributed by atoms with Gasteiger partial charge in [-0.05, 0) is 42.0 Å². The Morgan fingerprint density at radius 1 is 1.16 bits per heavy atom. The zero-order valence-electron chi connectivity index (χ0n) is 13.4. The number of rotatable bonds is 4. The largest absolute Gasteiger partial charge is 0.340 e. The maximum atomic E-state index is 14.0. The third-order valence-corrected chi connectivity index (χ3v) is 3.78. The molecule has 25 heavy (non-hydrogen) atoms. The number of hydrogen-bond donors (Lipinski definition) is 2. The quantitative estimate of drug-likeness (QED) is 0.598. The number of aryl methyl sites for hydroxylation is 1. The topological polar surface area (TPSA) is 96.0 Å². The van der Waals surface area contributed by atoms with Crippen LogP contribution >= 0.6 is 0 Å². The molecule has 4 rings (SSSR count). The van der Waals surface area contributed by atoms with Gasteiger partial charge in [0.2, 0.25) is 5.82 Å². The Bertz CT molecular complexity index is 1010. The van der Waals surface area contributed by atoms with E-state index in [1.54, 1.807) is 18.3 Å². The molecule has 0 amide bonds. The molecule has 0 spiro atoms. The average Bonchev–Trinajstić information content (AvgIpc) is 3.28. The molecular formula is C17H14FN7. The molecule has 0 bridgehead atoms. The van der Waals surface area contributed by atoms with Gasteiger partial charge in [0.25, 0.3) is 0 Å². The van der Waals surface area contributed by atoms with E-state index in [1.165, 1.54) is 6.07 Å². The van der Waals surface area contributed by atoms with Crippen molar-refractivity contribution in [1.29, 1.82) is 0 Å². The molecule has 0 saturated carbocycles. The lowest BCUT2D eigenvalue weighted by molar-refractivity contribution is 0.629. The minimum atomic E-state index is -0.394. The van der Waals surface area contributed by atoms with Crippen LogP contribution in [0.25, 0.3) is 22.8 Å². The van der Waals surface area contributed by atoms with Gasteiger partial charge in [-0.25, -0.2) is 9.37 Å². The van der Waals surface area contributed by atoms with Crippen LogP contribution in [0.3, 0.4) is 0 Å². The summed E-state index contributed by atoms with van der Waals surface area (Å²) in [5.41, 5.74) is 3.82. The van der Waals surface area contributed by atoms with E-state index in [-0.39, 0.29) is 5.82 Å². The summed E-state index contributed by atoms with van der Waals surface area (Å²) < 4.78 is 14.0. The van der Waals surface area contributed by atoms with Crippen molar-refractivity contribution in [3.05, 3.63) is 65.5 Å². The summed E-state index contributed by atoms with van der Waals surface area (Å²) in [6, 6.07) is 10.6. The van der Waals surface area contributed by atoms with Crippen molar-refractivity contribution in [1.82, 2.24) is 35.6 Å². The van der Waals surface area contributed by atoms with E-state index >= 15 is 0 Å². The van der Waals surface area contributed by atoms with Crippen LogP contribution < -0.4 is 0 Å². The Morgan fingerprint density at radius 3 is 2.88 bits per heavy atom. The van der Waals surface area contributed by atoms with E-state index < -0.39 is 5.82 Å². The summed E-state index contributed by atoms with van der Waals surface area (Å²) >= 11 is 0. The molecule has 4 aromatic rings. The molecule has 8 heteroatoms. The number of halogens is 1. The van der Waals surface area contributed by atoms with Gasteiger partial charge in [-0.15, -0.1) is 10.2 Å². The van der Waals surface area contributed by atoms with Gasteiger partial charge in [0.05, 0.1) is 23.1 Å². The molecule has 0 aliphatic heterocycles. The van der Waals surface area contributed by atoms with Crippen molar-refractivity contribution in [3.63, 3.8) is 0 Å². The summed E-state index contributed by atoms with van der Waals surface area (Å²) in [5, 5.41) is 13.5. The molecule has 124 valence electrons. The first-order valence-electron chi connectivity index (χ1n) is 7.69. The second-order valence-electron chi connectivity index (χ2n) is 5.63. The van der Waals surface area contributed by atoms with Crippen LogP contribution in [-0.2, 0) is 6.42 Å². The Balaban J connectivity index is 1.60. The van der Waals surface area contributed by atoms with Gasteiger partial charge in [0.15, 0.2) is 0 Å². The second-order valence-corrected chi connectivity index (χ2v) is 5.63. The summed E-state index contributed by atoms with van der Waals surface area (Å²) in [5.74, 6) is 0.599. The minimum Gasteiger partial charge on any atom is -0.340 e.